The predicted molar refractivity (Wildman–Crippen MR) is 128 cm³/mol. The summed E-state index contributed by atoms with van der Waals surface area (Å²) < 4.78 is 17.5. The van der Waals surface area contributed by atoms with Crippen LogP contribution in [0.15, 0.2) is 71.4 Å². The quantitative estimate of drug-likeness (QED) is 0.393. The lowest BCUT2D eigenvalue weighted by Gasteiger charge is -2.24. The average Bonchev–Trinajstić information content (AvgIpc) is 3.27. The van der Waals surface area contributed by atoms with Gasteiger partial charge in [0.1, 0.15) is 5.69 Å². The lowest BCUT2D eigenvalue weighted by molar-refractivity contribution is -0.131. The van der Waals surface area contributed by atoms with E-state index in [2.05, 4.69) is 10.1 Å². The van der Waals surface area contributed by atoms with Gasteiger partial charge in [-0.25, -0.2) is 4.98 Å². The summed E-state index contributed by atoms with van der Waals surface area (Å²) >= 11 is 0. The summed E-state index contributed by atoms with van der Waals surface area (Å²) in [5, 5.41) is 5.03. The second kappa shape index (κ2) is 10.4. The predicted octanol–water partition coefficient (Wildman–Crippen LogP) is 5.54. The number of nitrogens with zero attached hydrogens (tertiary/aromatic N) is 3. The molecular weight excluding hydrogens is 430 g/mol. The smallest absolute Gasteiger partial charge is 0.229 e. The van der Waals surface area contributed by atoms with Gasteiger partial charge in [0, 0.05) is 23.7 Å². The molecule has 1 aliphatic rings. The van der Waals surface area contributed by atoms with Crippen molar-refractivity contribution in [2.24, 2.45) is 0 Å². The molecule has 0 saturated heterocycles. The van der Waals surface area contributed by atoms with Gasteiger partial charge in [0.2, 0.25) is 11.8 Å². The fourth-order valence-electron chi connectivity index (χ4n) is 4.15. The largest absolute Gasteiger partial charge is 0.490 e. The minimum absolute atomic E-state index is 0.00434. The molecule has 0 saturated carbocycles. The van der Waals surface area contributed by atoms with E-state index in [-0.39, 0.29) is 12.3 Å². The molecule has 2 aromatic heterocycles. The zero-order valence-corrected chi connectivity index (χ0v) is 19.0. The van der Waals surface area contributed by atoms with Crippen LogP contribution in [0.5, 0.6) is 17.4 Å². The number of fused-ring (bicyclic) bond motifs is 3. The van der Waals surface area contributed by atoms with Crippen LogP contribution in [0.4, 0.5) is 0 Å². The number of aromatic nitrogens is 2. The van der Waals surface area contributed by atoms with Gasteiger partial charge in [-0.05, 0) is 43.2 Å². The number of carbonyl (C=O) groups is 1. The van der Waals surface area contributed by atoms with Crippen LogP contribution in [0.25, 0.3) is 11.0 Å². The molecule has 1 amide bonds. The zero-order chi connectivity index (χ0) is 23.2. The summed E-state index contributed by atoms with van der Waals surface area (Å²) in [6.07, 6.45) is 5.80. The Morgan fingerprint density at radius 2 is 1.74 bits per heavy atom. The maximum Gasteiger partial charge on any atom is 0.229 e. The van der Waals surface area contributed by atoms with Gasteiger partial charge >= 0.3 is 0 Å². The minimum atomic E-state index is 0.00434. The van der Waals surface area contributed by atoms with Crippen LogP contribution in [0.2, 0.25) is 0 Å². The molecule has 3 heterocycles. The normalized spacial score (nSPS) is 14.9. The Labute approximate surface area is 198 Å². The third kappa shape index (κ3) is 5.03. The molecule has 34 heavy (non-hydrogen) atoms. The molecule has 0 fully saturated rings. The van der Waals surface area contributed by atoms with Crippen LogP contribution in [-0.4, -0.2) is 34.1 Å². The highest BCUT2D eigenvalue weighted by Crippen LogP contribution is 2.32. The molecule has 1 aliphatic heterocycles. The van der Waals surface area contributed by atoms with Crippen molar-refractivity contribution in [3.63, 3.8) is 0 Å². The standard InChI is InChI=1S/C27H27N3O4/c31-26(18-22-21-11-3-4-12-23(21)34-29-22)30-16-7-1-2-8-17-32-24-13-5-6-14-25(24)33-27-20(19-30)10-9-15-28-27/h3-6,9-15H,1-2,7-8,16-19H2. The van der Waals surface area contributed by atoms with Crippen molar-refractivity contribution in [3.8, 4) is 17.4 Å². The summed E-state index contributed by atoms with van der Waals surface area (Å²) in [6.45, 7) is 1.68. The molecule has 7 heteroatoms. The first-order valence-electron chi connectivity index (χ1n) is 11.7. The van der Waals surface area contributed by atoms with E-state index >= 15 is 0 Å². The Kier molecular flexibility index (Phi) is 6.70. The zero-order valence-electron chi connectivity index (χ0n) is 19.0. The molecule has 174 valence electrons. The third-order valence-corrected chi connectivity index (χ3v) is 5.97. The molecule has 4 aromatic rings. The fourth-order valence-corrected chi connectivity index (χ4v) is 4.15. The van der Waals surface area contributed by atoms with Crippen molar-refractivity contribution in [3.05, 3.63) is 78.1 Å². The van der Waals surface area contributed by atoms with Crippen molar-refractivity contribution in [2.45, 2.75) is 38.6 Å². The number of carbonyl (C=O) groups excluding carboxylic acids is 1. The molecular formula is C27H27N3O4. The van der Waals surface area contributed by atoms with E-state index in [1.165, 1.54) is 0 Å². The number of para-hydroxylation sites is 3. The topological polar surface area (TPSA) is 77.7 Å². The Morgan fingerprint density at radius 3 is 2.68 bits per heavy atom. The van der Waals surface area contributed by atoms with Gasteiger partial charge in [-0.3, -0.25) is 4.79 Å². The van der Waals surface area contributed by atoms with E-state index in [1.807, 2.05) is 65.6 Å². The SMILES string of the molecule is O=C(Cc1noc2ccccc12)N1CCCCCCOc2ccccc2Oc2ncccc2C1. The van der Waals surface area contributed by atoms with Gasteiger partial charge in [-0.15, -0.1) is 0 Å². The van der Waals surface area contributed by atoms with E-state index in [0.717, 1.165) is 36.6 Å². The highest BCUT2D eigenvalue weighted by Gasteiger charge is 2.21. The number of hydrogen-bond acceptors (Lipinski definition) is 6. The first-order chi connectivity index (χ1) is 16.8. The van der Waals surface area contributed by atoms with Gasteiger partial charge < -0.3 is 18.9 Å². The molecule has 0 spiro atoms. The Morgan fingerprint density at radius 1 is 0.912 bits per heavy atom. The molecule has 0 N–H and O–H groups in total. The first kappa shape index (κ1) is 21.9. The summed E-state index contributed by atoms with van der Waals surface area (Å²) in [6, 6.07) is 19.0. The van der Waals surface area contributed by atoms with Crippen molar-refractivity contribution in [1.82, 2.24) is 15.0 Å². The van der Waals surface area contributed by atoms with Crippen molar-refractivity contribution >= 4 is 16.9 Å². The number of benzene rings is 2. The van der Waals surface area contributed by atoms with Crippen LogP contribution >= 0.6 is 0 Å². The number of amides is 1. The molecule has 0 radical (unpaired) electrons. The summed E-state index contributed by atoms with van der Waals surface area (Å²) in [7, 11) is 0. The van der Waals surface area contributed by atoms with Crippen LogP contribution in [0.3, 0.4) is 0 Å². The van der Waals surface area contributed by atoms with E-state index in [1.54, 1.807) is 6.20 Å². The number of ether oxygens (including phenoxy) is 2. The molecule has 0 unspecified atom stereocenters. The molecule has 0 atom stereocenters. The average molecular weight is 458 g/mol. The van der Waals surface area contributed by atoms with E-state index in [4.69, 9.17) is 14.0 Å². The van der Waals surface area contributed by atoms with Gasteiger partial charge in [0.25, 0.3) is 0 Å². The molecule has 0 aliphatic carbocycles. The van der Waals surface area contributed by atoms with E-state index in [0.29, 0.717) is 48.4 Å². The van der Waals surface area contributed by atoms with E-state index < -0.39 is 0 Å². The second-order valence-electron chi connectivity index (χ2n) is 8.40. The Hall–Kier alpha value is -3.87. The third-order valence-electron chi connectivity index (χ3n) is 5.97. The molecule has 2 aromatic carbocycles. The van der Waals surface area contributed by atoms with Crippen LogP contribution < -0.4 is 9.47 Å². The van der Waals surface area contributed by atoms with E-state index in [9.17, 15) is 4.79 Å². The van der Waals surface area contributed by atoms with Gasteiger partial charge in [0.05, 0.1) is 19.6 Å². The monoisotopic (exact) mass is 457 g/mol. The summed E-state index contributed by atoms with van der Waals surface area (Å²) in [4.78, 5) is 19.8. The minimum Gasteiger partial charge on any atom is -0.490 e. The van der Waals surface area contributed by atoms with Crippen LogP contribution in [-0.2, 0) is 17.8 Å². The number of rotatable bonds is 2. The summed E-state index contributed by atoms with van der Waals surface area (Å²) in [5.74, 6) is 1.79. The maximum atomic E-state index is 13.4. The highest BCUT2D eigenvalue weighted by molar-refractivity contribution is 5.86. The molecule has 0 bridgehead atoms. The number of pyridine rings is 1. The lowest BCUT2D eigenvalue weighted by atomic mass is 10.1. The lowest BCUT2D eigenvalue weighted by Crippen LogP contribution is -2.33. The molecule has 7 nitrogen and oxygen atoms in total. The first-order valence-corrected chi connectivity index (χ1v) is 11.7. The second-order valence-corrected chi connectivity index (χ2v) is 8.40. The molecule has 5 rings (SSSR count). The van der Waals surface area contributed by atoms with Gasteiger partial charge in [0.15, 0.2) is 17.1 Å². The van der Waals surface area contributed by atoms with Gasteiger partial charge in [-0.2, -0.15) is 0 Å². The van der Waals surface area contributed by atoms with Crippen molar-refractivity contribution < 1.29 is 18.8 Å². The number of hydrogen-bond donors (Lipinski definition) is 0. The van der Waals surface area contributed by atoms with Gasteiger partial charge in [-0.1, -0.05) is 48.3 Å². The Balaban J connectivity index is 1.42. The fraction of sp³-hybridized carbons (Fsp3) is 0.296. The van der Waals surface area contributed by atoms with Crippen LogP contribution in [0, 0.1) is 0 Å². The van der Waals surface area contributed by atoms with Crippen LogP contribution in [0.1, 0.15) is 36.9 Å². The van der Waals surface area contributed by atoms with Crippen molar-refractivity contribution in [1.29, 1.82) is 0 Å². The highest BCUT2D eigenvalue weighted by atomic mass is 16.5. The van der Waals surface area contributed by atoms with Crippen molar-refractivity contribution in [2.75, 3.05) is 13.2 Å². The Bertz CT molecular complexity index is 1270. The summed E-state index contributed by atoms with van der Waals surface area (Å²) in [5.41, 5.74) is 2.19. The maximum absolute atomic E-state index is 13.4.